The van der Waals surface area contributed by atoms with E-state index in [2.05, 4.69) is 31.6 Å². The minimum Gasteiger partial charge on any atom is -0.356 e. The van der Waals surface area contributed by atoms with Crippen molar-refractivity contribution < 1.29 is 4.79 Å². The van der Waals surface area contributed by atoms with Gasteiger partial charge in [0.25, 0.3) is 0 Å². The molecule has 5 fully saturated rings. The molecule has 2 N–H and O–H groups in total. The van der Waals surface area contributed by atoms with Crippen molar-refractivity contribution in [1.29, 1.82) is 0 Å². The summed E-state index contributed by atoms with van der Waals surface area (Å²) in [7, 11) is 0. The lowest BCUT2D eigenvalue weighted by molar-refractivity contribution is -0.129. The molecule has 4 aliphatic carbocycles. The van der Waals surface area contributed by atoms with E-state index in [0.29, 0.717) is 24.5 Å². The van der Waals surface area contributed by atoms with Crippen LogP contribution in [0.3, 0.4) is 0 Å². The number of nitrogens with one attached hydrogen (secondary N) is 2. The number of carbonyl (C=O) groups excluding carboxylic acids is 1. The van der Waals surface area contributed by atoms with Gasteiger partial charge in [0.15, 0.2) is 0 Å². The second-order valence-corrected chi connectivity index (χ2v) is 10.3. The number of hydrogen-bond donors (Lipinski definition) is 2. The van der Waals surface area contributed by atoms with Gasteiger partial charge in [0.1, 0.15) is 5.82 Å². The molecule has 0 unspecified atom stereocenters. The van der Waals surface area contributed by atoms with Crippen LogP contribution in [0.2, 0.25) is 0 Å². The molecule has 4 bridgehead atoms. The maximum absolute atomic E-state index is 12.6. The Morgan fingerprint density at radius 2 is 1.72 bits per heavy atom. The minimum absolute atomic E-state index is 0.233. The Bertz CT molecular complexity index is 722. The molecule has 1 aliphatic heterocycles. The van der Waals surface area contributed by atoms with Gasteiger partial charge in [0.2, 0.25) is 11.9 Å². The predicted octanol–water partition coefficient (Wildman–Crippen LogP) is 3.52. The van der Waals surface area contributed by atoms with E-state index in [1.807, 2.05) is 6.92 Å². The molecule has 1 aromatic rings. The quantitative estimate of drug-likeness (QED) is 0.689. The summed E-state index contributed by atoms with van der Waals surface area (Å²) in [5.41, 5.74) is 1.30. The Morgan fingerprint density at radius 1 is 1.07 bits per heavy atom. The molecule has 5 aliphatic rings. The van der Waals surface area contributed by atoms with Crippen molar-refractivity contribution in [3.63, 3.8) is 0 Å². The minimum atomic E-state index is 0.233. The number of hydrogen-bond acceptors (Lipinski definition) is 5. The summed E-state index contributed by atoms with van der Waals surface area (Å²) < 4.78 is 0. The van der Waals surface area contributed by atoms with E-state index in [4.69, 9.17) is 0 Å². The molecule has 1 saturated heterocycles. The number of nitrogens with zero attached hydrogens (tertiary/aromatic N) is 3. The van der Waals surface area contributed by atoms with E-state index in [1.165, 1.54) is 51.4 Å². The molecular formula is C23H35N5O. The lowest BCUT2D eigenvalue weighted by atomic mass is 9.49. The van der Waals surface area contributed by atoms with Gasteiger partial charge in [-0.15, -0.1) is 0 Å². The number of aryl methyl sites for hydroxylation is 1. The van der Waals surface area contributed by atoms with Gasteiger partial charge in [-0.25, -0.2) is 4.98 Å². The zero-order valence-electron chi connectivity index (χ0n) is 17.8. The van der Waals surface area contributed by atoms with Gasteiger partial charge >= 0.3 is 0 Å². The molecule has 0 spiro atoms. The normalized spacial score (nSPS) is 32.6. The topological polar surface area (TPSA) is 70.2 Å². The van der Waals surface area contributed by atoms with Crippen molar-refractivity contribution in [2.45, 2.75) is 64.7 Å². The molecule has 1 amide bonds. The molecule has 4 saturated carbocycles. The van der Waals surface area contributed by atoms with Crippen LogP contribution in [0.25, 0.3) is 0 Å². The van der Waals surface area contributed by atoms with E-state index >= 15 is 0 Å². The van der Waals surface area contributed by atoms with Gasteiger partial charge in [-0.3, -0.25) is 4.79 Å². The second kappa shape index (κ2) is 7.77. The molecule has 6 nitrogen and oxygen atoms in total. The highest BCUT2D eigenvalue weighted by Crippen LogP contribution is 2.61. The van der Waals surface area contributed by atoms with Crippen molar-refractivity contribution >= 4 is 17.7 Å². The number of rotatable bonds is 7. The predicted molar refractivity (Wildman–Crippen MR) is 115 cm³/mol. The van der Waals surface area contributed by atoms with Gasteiger partial charge in [0.05, 0.1) is 0 Å². The smallest absolute Gasteiger partial charge is 0.224 e. The molecular weight excluding hydrogens is 362 g/mol. The van der Waals surface area contributed by atoms with E-state index in [-0.39, 0.29) is 5.91 Å². The molecule has 2 heterocycles. The van der Waals surface area contributed by atoms with Crippen LogP contribution >= 0.6 is 0 Å². The zero-order valence-corrected chi connectivity index (χ0v) is 17.8. The van der Waals surface area contributed by atoms with Crippen LogP contribution in [0.1, 0.15) is 63.5 Å². The fourth-order valence-electron chi connectivity index (χ4n) is 7.03. The standard InChI is InChI=1S/C23H35N5O/c1-16-8-20(28-6-2-3-7-28)27-22(26-16)25-5-4-24-21(29)15-23-12-17-9-18(13-23)11-19(10-17)14-23/h8,17-19H,2-7,9-15H2,1H3,(H,24,29)(H,25,26,27). The molecule has 158 valence electrons. The van der Waals surface area contributed by atoms with Crippen LogP contribution in [-0.4, -0.2) is 42.1 Å². The Labute approximate surface area is 174 Å². The van der Waals surface area contributed by atoms with Gasteiger partial charge < -0.3 is 15.5 Å². The maximum atomic E-state index is 12.6. The fourth-order valence-corrected chi connectivity index (χ4v) is 7.03. The first-order valence-corrected chi connectivity index (χ1v) is 11.7. The number of amides is 1. The lowest BCUT2D eigenvalue weighted by Gasteiger charge is -2.56. The lowest BCUT2D eigenvalue weighted by Crippen LogP contribution is -2.48. The highest BCUT2D eigenvalue weighted by atomic mass is 16.1. The third kappa shape index (κ3) is 4.22. The number of anilines is 2. The summed E-state index contributed by atoms with van der Waals surface area (Å²) in [6, 6.07) is 2.06. The largest absolute Gasteiger partial charge is 0.356 e. The van der Waals surface area contributed by atoms with Crippen molar-refractivity contribution in [1.82, 2.24) is 15.3 Å². The fraction of sp³-hybridized carbons (Fsp3) is 0.783. The number of carbonyl (C=O) groups is 1. The van der Waals surface area contributed by atoms with Crippen molar-refractivity contribution in [2.24, 2.45) is 23.2 Å². The first kappa shape index (κ1) is 19.1. The summed E-state index contributed by atoms with van der Waals surface area (Å²) in [4.78, 5) is 24.1. The molecule has 0 aromatic carbocycles. The highest BCUT2D eigenvalue weighted by molar-refractivity contribution is 5.76. The summed E-state index contributed by atoms with van der Waals surface area (Å²) >= 11 is 0. The molecule has 1 aromatic heterocycles. The Hall–Kier alpha value is -1.85. The summed E-state index contributed by atoms with van der Waals surface area (Å²) in [6.45, 7) is 5.46. The average molecular weight is 398 g/mol. The molecule has 0 radical (unpaired) electrons. The van der Waals surface area contributed by atoms with E-state index in [9.17, 15) is 4.79 Å². The Morgan fingerprint density at radius 3 is 2.38 bits per heavy atom. The van der Waals surface area contributed by atoms with Crippen molar-refractivity contribution in [3.8, 4) is 0 Å². The van der Waals surface area contributed by atoms with Gasteiger partial charge in [-0.1, -0.05) is 0 Å². The van der Waals surface area contributed by atoms with E-state index in [0.717, 1.165) is 48.8 Å². The molecule has 6 rings (SSSR count). The van der Waals surface area contributed by atoms with E-state index in [1.54, 1.807) is 0 Å². The van der Waals surface area contributed by atoms with Gasteiger partial charge in [-0.05, 0) is 81.5 Å². The van der Waals surface area contributed by atoms with Gasteiger partial charge in [0, 0.05) is 44.4 Å². The van der Waals surface area contributed by atoms with Crippen LogP contribution < -0.4 is 15.5 Å². The number of aromatic nitrogens is 2. The third-order valence-electron chi connectivity index (χ3n) is 7.70. The summed E-state index contributed by atoms with van der Waals surface area (Å²) in [5.74, 6) is 4.62. The third-order valence-corrected chi connectivity index (χ3v) is 7.70. The van der Waals surface area contributed by atoms with Crippen LogP contribution in [0.15, 0.2) is 6.07 Å². The highest BCUT2D eigenvalue weighted by Gasteiger charge is 2.51. The Balaban J connectivity index is 1.09. The van der Waals surface area contributed by atoms with Crippen LogP contribution in [-0.2, 0) is 4.79 Å². The van der Waals surface area contributed by atoms with Crippen LogP contribution in [0, 0.1) is 30.1 Å². The van der Waals surface area contributed by atoms with Crippen LogP contribution in [0.4, 0.5) is 11.8 Å². The van der Waals surface area contributed by atoms with Crippen molar-refractivity contribution in [3.05, 3.63) is 11.8 Å². The molecule has 6 heteroatoms. The molecule has 29 heavy (non-hydrogen) atoms. The summed E-state index contributed by atoms with van der Waals surface area (Å²) in [5, 5.41) is 6.45. The second-order valence-electron chi connectivity index (χ2n) is 10.3. The Kier molecular flexibility index (Phi) is 5.12. The monoisotopic (exact) mass is 397 g/mol. The maximum Gasteiger partial charge on any atom is 0.224 e. The first-order valence-electron chi connectivity index (χ1n) is 11.7. The average Bonchev–Trinajstić information content (AvgIpc) is 3.18. The first-order chi connectivity index (χ1) is 14.1. The summed E-state index contributed by atoms with van der Waals surface area (Å²) in [6.07, 6.45) is 11.4. The van der Waals surface area contributed by atoms with Gasteiger partial charge in [-0.2, -0.15) is 4.98 Å². The van der Waals surface area contributed by atoms with Crippen molar-refractivity contribution in [2.75, 3.05) is 36.4 Å². The molecule has 0 atom stereocenters. The van der Waals surface area contributed by atoms with Crippen LogP contribution in [0.5, 0.6) is 0 Å². The SMILES string of the molecule is Cc1cc(N2CCCC2)nc(NCCNC(=O)CC23CC4CC(CC(C4)C2)C3)n1. The zero-order chi connectivity index (χ0) is 19.8. The van der Waals surface area contributed by atoms with E-state index < -0.39 is 0 Å².